The van der Waals surface area contributed by atoms with E-state index < -0.39 is 0 Å². The number of hydrogen-bond donors (Lipinski definition) is 0. The number of anilines is 1. The first-order chi connectivity index (χ1) is 11.2. The lowest BCUT2D eigenvalue weighted by Crippen LogP contribution is -2.17. The highest BCUT2D eigenvalue weighted by Gasteiger charge is 2.13. The van der Waals surface area contributed by atoms with Crippen LogP contribution in [0.3, 0.4) is 0 Å². The number of aryl methyl sites for hydroxylation is 1. The van der Waals surface area contributed by atoms with Gasteiger partial charge in [0.05, 0.1) is 11.6 Å². The Labute approximate surface area is 142 Å². The van der Waals surface area contributed by atoms with Gasteiger partial charge in [-0.3, -0.25) is 0 Å². The molecule has 0 unspecified atom stereocenters. The first-order valence-electron chi connectivity index (χ1n) is 7.91. The first-order valence-corrected chi connectivity index (χ1v) is 8.28. The Morgan fingerprint density at radius 3 is 2.43 bits per heavy atom. The minimum Gasteiger partial charge on any atom is -0.372 e. The Bertz CT molecular complexity index is 763. The van der Waals surface area contributed by atoms with Crippen LogP contribution in [0.1, 0.15) is 29.5 Å². The van der Waals surface area contributed by atoms with Crippen molar-refractivity contribution in [2.24, 2.45) is 0 Å². The molecule has 116 valence electrons. The zero-order valence-corrected chi connectivity index (χ0v) is 14.0. The number of benzene rings is 2. The van der Waals surface area contributed by atoms with Crippen LogP contribution in [-0.4, -0.2) is 13.1 Å². The Morgan fingerprint density at radius 1 is 1.13 bits per heavy atom. The maximum atomic E-state index is 9.47. The van der Waals surface area contributed by atoms with Crippen molar-refractivity contribution in [2.45, 2.75) is 19.8 Å². The second kappa shape index (κ2) is 6.89. The van der Waals surface area contributed by atoms with Crippen LogP contribution < -0.4 is 4.90 Å². The van der Waals surface area contributed by atoms with Crippen molar-refractivity contribution in [3.8, 4) is 6.07 Å². The van der Waals surface area contributed by atoms with Gasteiger partial charge in [0, 0.05) is 23.8 Å². The summed E-state index contributed by atoms with van der Waals surface area (Å²) in [4.78, 5) is 2.42. The largest absolute Gasteiger partial charge is 0.372 e. The summed E-state index contributed by atoms with van der Waals surface area (Å²) in [5.41, 5.74) is 5.09. The van der Waals surface area contributed by atoms with E-state index in [2.05, 4.69) is 36.1 Å². The fraction of sp³-hybridized carbons (Fsp3) is 0.250. The van der Waals surface area contributed by atoms with Crippen LogP contribution in [0.25, 0.3) is 11.6 Å². The van der Waals surface area contributed by atoms with Crippen LogP contribution >= 0.6 is 11.6 Å². The molecule has 0 aromatic heterocycles. The number of allylic oxidation sites excluding steroid dienone is 1. The van der Waals surface area contributed by atoms with Gasteiger partial charge in [-0.15, -0.1) is 0 Å². The molecule has 1 aliphatic rings. The van der Waals surface area contributed by atoms with E-state index in [9.17, 15) is 5.26 Å². The second-order valence-corrected chi connectivity index (χ2v) is 6.35. The maximum absolute atomic E-state index is 9.47. The molecule has 2 nitrogen and oxygen atoms in total. The Kier molecular flexibility index (Phi) is 4.69. The molecule has 1 heterocycles. The van der Waals surface area contributed by atoms with Gasteiger partial charge < -0.3 is 4.90 Å². The van der Waals surface area contributed by atoms with Crippen LogP contribution in [0.4, 0.5) is 5.69 Å². The fourth-order valence-electron chi connectivity index (χ4n) is 2.96. The van der Waals surface area contributed by atoms with Crippen molar-refractivity contribution in [1.82, 2.24) is 0 Å². The van der Waals surface area contributed by atoms with Gasteiger partial charge in [0.2, 0.25) is 0 Å². The summed E-state index contributed by atoms with van der Waals surface area (Å²) < 4.78 is 0. The van der Waals surface area contributed by atoms with E-state index in [4.69, 9.17) is 11.6 Å². The molecule has 0 spiro atoms. The molecule has 1 aliphatic heterocycles. The first kappa shape index (κ1) is 15.6. The predicted molar refractivity (Wildman–Crippen MR) is 97.6 cm³/mol. The second-order valence-electron chi connectivity index (χ2n) is 5.91. The molecule has 0 N–H and O–H groups in total. The summed E-state index contributed by atoms with van der Waals surface area (Å²) in [5.74, 6) is 0. The molecule has 1 fully saturated rings. The minimum atomic E-state index is 0.652. The van der Waals surface area contributed by atoms with Crippen LogP contribution in [0.15, 0.2) is 42.5 Å². The fourth-order valence-corrected chi connectivity index (χ4v) is 3.08. The summed E-state index contributed by atoms with van der Waals surface area (Å²) in [5, 5.41) is 10.1. The number of hydrogen-bond acceptors (Lipinski definition) is 2. The van der Waals surface area contributed by atoms with Crippen molar-refractivity contribution < 1.29 is 0 Å². The monoisotopic (exact) mass is 322 g/mol. The predicted octanol–water partition coefficient (Wildman–Crippen LogP) is 5.31. The number of rotatable bonds is 3. The van der Waals surface area contributed by atoms with Crippen LogP contribution in [-0.2, 0) is 0 Å². The molecule has 23 heavy (non-hydrogen) atoms. The smallest absolute Gasteiger partial charge is 0.0998 e. The van der Waals surface area contributed by atoms with Gasteiger partial charge in [-0.05, 0) is 66.8 Å². The van der Waals surface area contributed by atoms with Crippen molar-refractivity contribution >= 4 is 28.9 Å². The van der Waals surface area contributed by atoms with Crippen LogP contribution in [0.5, 0.6) is 0 Å². The number of nitrogens with zero attached hydrogens (tertiary/aromatic N) is 2. The lowest BCUT2D eigenvalue weighted by molar-refractivity contribution is 0.949. The molecule has 2 aromatic carbocycles. The molecule has 3 rings (SSSR count). The molecule has 1 saturated heterocycles. The summed E-state index contributed by atoms with van der Waals surface area (Å²) in [6.07, 6.45) is 4.50. The Hall–Kier alpha value is -2.24. The van der Waals surface area contributed by atoms with Crippen molar-refractivity contribution in [3.63, 3.8) is 0 Å². The minimum absolute atomic E-state index is 0.652. The molecule has 2 aromatic rings. The van der Waals surface area contributed by atoms with Gasteiger partial charge in [-0.1, -0.05) is 29.8 Å². The third-order valence-electron chi connectivity index (χ3n) is 4.30. The standard InChI is InChI=1S/C20H19ClN2/c1-15-12-20(23-10-2-3-11-23)9-6-17(15)13-18(14-22)16-4-7-19(21)8-5-16/h4-9,12-13H,2-3,10-11H2,1H3/b18-13-. The van der Waals surface area contributed by atoms with Gasteiger partial charge in [-0.25, -0.2) is 0 Å². The number of halogens is 1. The normalized spacial score (nSPS) is 14.8. The summed E-state index contributed by atoms with van der Waals surface area (Å²) >= 11 is 5.92. The summed E-state index contributed by atoms with van der Waals surface area (Å²) in [7, 11) is 0. The van der Waals surface area contributed by atoms with Gasteiger partial charge in [0.15, 0.2) is 0 Å². The molecule has 0 aliphatic carbocycles. The van der Waals surface area contributed by atoms with E-state index in [0.717, 1.165) is 24.2 Å². The highest BCUT2D eigenvalue weighted by molar-refractivity contribution is 6.30. The van der Waals surface area contributed by atoms with Crippen molar-refractivity contribution in [2.75, 3.05) is 18.0 Å². The zero-order chi connectivity index (χ0) is 16.2. The van der Waals surface area contributed by atoms with E-state index in [1.807, 2.05) is 30.3 Å². The molecule has 0 bridgehead atoms. The van der Waals surface area contributed by atoms with E-state index in [0.29, 0.717) is 10.6 Å². The summed E-state index contributed by atoms with van der Waals surface area (Å²) in [6, 6.07) is 16.2. The molecule has 0 atom stereocenters. The molecule has 0 amide bonds. The van der Waals surface area contributed by atoms with Gasteiger partial charge in [0.1, 0.15) is 0 Å². The molecular formula is C20H19ClN2. The van der Waals surface area contributed by atoms with Crippen LogP contribution in [0, 0.1) is 18.3 Å². The maximum Gasteiger partial charge on any atom is 0.0998 e. The Morgan fingerprint density at radius 2 is 1.83 bits per heavy atom. The molecule has 0 saturated carbocycles. The van der Waals surface area contributed by atoms with Gasteiger partial charge in [0.25, 0.3) is 0 Å². The van der Waals surface area contributed by atoms with Crippen LogP contribution in [0.2, 0.25) is 5.02 Å². The van der Waals surface area contributed by atoms with E-state index in [1.165, 1.54) is 24.1 Å². The molecule has 3 heteroatoms. The number of nitriles is 1. The lowest BCUT2D eigenvalue weighted by Gasteiger charge is -2.18. The van der Waals surface area contributed by atoms with Crippen molar-refractivity contribution in [3.05, 3.63) is 64.2 Å². The third kappa shape index (κ3) is 3.57. The van der Waals surface area contributed by atoms with Crippen molar-refractivity contribution in [1.29, 1.82) is 5.26 Å². The van der Waals surface area contributed by atoms with E-state index in [1.54, 1.807) is 0 Å². The van der Waals surface area contributed by atoms with E-state index >= 15 is 0 Å². The van der Waals surface area contributed by atoms with Gasteiger partial charge in [-0.2, -0.15) is 5.26 Å². The average Bonchev–Trinajstić information content (AvgIpc) is 3.09. The summed E-state index contributed by atoms with van der Waals surface area (Å²) in [6.45, 7) is 4.38. The SMILES string of the molecule is Cc1cc(N2CCCC2)ccc1/C=C(/C#N)c1ccc(Cl)cc1. The zero-order valence-electron chi connectivity index (χ0n) is 13.2. The molecular weight excluding hydrogens is 304 g/mol. The van der Waals surface area contributed by atoms with Gasteiger partial charge >= 0.3 is 0 Å². The molecule has 0 radical (unpaired) electrons. The third-order valence-corrected chi connectivity index (χ3v) is 4.55. The lowest BCUT2D eigenvalue weighted by atomic mass is 10.0. The average molecular weight is 323 g/mol. The Balaban J connectivity index is 1.91. The quantitative estimate of drug-likeness (QED) is 0.565. The van der Waals surface area contributed by atoms with E-state index in [-0.39, 0.29) is 0 Å². The highest BCUT2D eigenvalue weighted by Crippen LogP contribution is 2.26. The highest BCUT2D eigenvalue weighted by atomic mass is 35.5. The topological polar surface area (TPSA) is 27.0 Å².